The van der Waals surface area contributed by atoms with Crippen LogP contribution in [0, 0.1) is 5.82 Å². The van der Waals surface area contributed by atoms with Gasteiger partial charge in [0.25, 0.3) is 5.78 Å². The van der Waals surface area contributed by atoms with Crippen LogP contribution in [0.15, 0.2) is 41.3 Å². The van der Waals surface area contributed by atoms with Crippen LogP contribution < -0.4 is 11.0 Å². The van der Waals surface area contributed by atoms with Gasteiger partial charge in [-0.1, -0.05) is 0 Å². The number of anilines is 2. The molecule has 0 saturated carbocycles. The molecule has 0 aliphatic rings. The van der Waals surface area contributed by atoms with E-state index in [1.165, 1.54) is 29.8 Å². The molecule has 8 nitrogen and oxygen atoms in total. The van der Waals surface area contributed by atoms with Gasteiger partial charge in [0.15, 0.2) is 0 Å². The van der Waals surface area contributed by atoms with Crippen LogP contribution in [-0.2, 0) is 16.1 Å². The SMILES string of the molecule is COC(=O)Cn1nc2nc(Nc3ccc(F)cc3)ccn2c1=O. The smallest absolute Gasteiger partial charge is 0.352 e. The average molecular weight is 317 g/mol. The summed E-state index contributed by atoms with van der Waals surface area (Å²) in [6.07, 6.45) is 1.48. The summed E-state index contributed by atoms with van der Waals surface area (Å²) < 4.78 is 19.6. The second-order valence-corrected chi connectivity index (χ2v) is 4.63. The number of carbonyl (C=O) groups excluding carboxylic acids is 1. The predicted octanol–water partition coefficient (Wildman–Crippen LogP) is 0.947. The number of rotatable bonds is 4. The molecule has 2 heterocycles. The minimum atomic E-state index is -0.583. The van der Waals surface area contributed by atoms with Crippen molar-refractivity contribution in [1.29, 1.82) is 0 Å². The first-order valence-electron chi connectivity index (χ1n) is 6.62. The van der Waals surface area contributed by atoms with E-state index in [1.54, 1.807) is 18.2 Å². The Bertz CT molecular complexity index is 916. The Labute approximate surface area is 129 Å². The molecule has 0 atom stereocenters. The first kappa shape index (κ1) is 14.7. The van der Waals surface area contributed by atoms with Crippen LogP contribution >= 0.6 is 0 Å². The molecule has 0 saturated heterocycles. The number of aromatic nitrogens is 4. The molecule has 3 rings (SSSR count). The van der Waals surface area contributed by atoms with Crippen molar-refractivity contribution >= 4 is 23.3 Å². The lowest BCUT2D eigenvalue weighted by atomic mass is 10.3. The van der Waals surface area contributed by atoms with Gasteiger partial charge in [0.1, 0.15) is 18.2 Å². The van der Waals surface area contributed by atoms with Crippen molar-refractivity contribution < 1.29 is 13.9 Å². The zero-order valence-electron chi connectivity index (χ0n) is 12.1. The molecule has 23 heavy (non-hydrogen) atoms. The zero-order valence-corrected chi connectivity index (χ0v) is 12.1. The highest BCUT2D eigenvalue weighted by Gasteiger charge is 2.12. The molecule has 0 spiro atoms. The number of fused-ring (bicyclic) bond motifs is 1. The van der Waals surface area contributed by atoms with Crippen molar-refractivity contribution in [2.24, 2.45) is 0 Å². The van der Waals surface area contributed by atoms with Gasteiger partial charge in [-0.3, -0.25) is 4.79 Å². The number of carbonyl (C=O) groups is 1. The fourth-order valence-corrected chi connectivity index (χ4v) is 1.95. The maximum Gasteiger partial charge on any atom is 0.352 e. The molecule has 3 aromatic rings. The number of hydrogen-bond donors (Lipinski definition) is 1. The molecule has 0 fully saturated rings. The molecule has 1 aromatic carbocycles. The number of ether oxygens (including phenoxy) is 1. The standard InChI is InChI=1S/C14H12FN5O3/c1-23-12(21)8-20-14(22)19-7-6-11(17-13(19)18-20)16-10-4-2-9(15)3-5-10/h2-7H,8H2,1H3,(H,16,17,18). The maximum atomic E-state index is 12.9. The number of benzene rings is 1. The third-order valence-electron chi connectivity index (χ3n) is 3.08. The molecule has 0 aliphatic heterocycles. The van der Waals surface area contributed by atoms with Gasteiger partial charge in [0.05, 0.1) is 7.11 Å². The Morgan fingerprint density at radius 2 is 2.04 bits per heavy atom. The Morgan fingerprint density at radius 1 is 1.30 bits per heavy atom. The molecule has 1 N–H and O–H groups in total. The number of esters is 1. The highest BCUT2D eigenvalue weighted by atomic mass is 19.1. The summed E-state index contributed by atoms with van der Waals surface area (Å²) in [5.41, 5.74) is 0.144. The average Bonchev–Trinajstić information content (AvgIpc) is 2.85. The second-order valence-electron chi connectivity index (χ2n) is 4.63. The van der Waals surface area contributed by atoms with Gasteiger partial charge in [-0.2, -0.15) is 9.67 Å². The molecular weight excluding hydrogens is 305 g/mol. The van der Waals surface area contributed by atoms with Gasteiger partial charge in [-0.05, 0) is 30.3 Å². The van der Waals surface area contributed by atoms with Crippen molar-refractivity contribution in [3.05, 3.63) is 52.8 Å². The van der Waals surface area contributed by atoms with E-state index < -0.39 is 11.7 Å². The lowest BCUT2D eigenvalue weighted by Gasteiger charge is -2.04. The first-order chi connectivity index (χ1) is 11.1. The summed E-state index contributed by atoms with van der Waals surface area (Å²) in [5, 5.41) is 6.94. The molecule has 2 aromatic heterocycles. The molecular formula is C14H12FN5O3. The number of nitrogens with one attached hydrogen (secondary N) is 1. The molecule has 118 valence electrons. The van der Waals surface area contributed by atoms with Gasteiger partial charge in [-0.25, -0.2) is 13.6 Å². The lowest BCUT2D eigenvalue weighted by molar-refractivity contribution is -0.141. The van der Waals surface area contributed by atoms with Crippen molar-refractivity contribution in [2.45, 2.75) is 6.54 Å². The van der Waals surface area contributed by atoms with Crippen molar-refractivity contribution in [3.63, 3.8) is 0 Å². The normalized spacial score (nSPS) is 10.7. The van der Waals surface area contributed by atoms with Gasteiger partial charge in [0.2, 0.25) is 0 Å². The van der Waals surface area contributed by atoms with Crippen LogP contribution in [0.1, 0.15) is 0 Å². The van der Waals surface area contributed by atoms with E-state index in [9.17, 15) is 14.0 Å². The lowest BCUT2D eigenvalue weighted by Crippen LogP contribution is -2.25. The van der Waals surface area contributed by atoms with Crippen LogP contribution in [0.25, 0.3) is 5.78 Å². The summed E-state index contributed by atoms with van der Waals surface area (Å²) in [4.78, 5) is 27.5. The summed E-state index contributed by atoms with van der Waals surface area (Å²) in [7, 11) is 1.23. The fraction of sp³-hybridized carbons (Fsp3) is 0.143. The van der Waals surface area contributed by atoms with E-state index in [1.807, 2.05) is 0 Å². The van der Waals surface area contributed by atoms with Crippen LogP contribution in [0.5, 0.6) is 0 Å². The largest absolute Gasteiger partial charge is 0.468 e. The topological polar surface area (TPSA) is 90.5 Å². The van der Waals surface area contributed by atoms with E-state index in [2.05, 4.69) is 20.1 Å². The third kappa shape index (κ3) is 3.03. The van der Waals surface area contributed by atoms with Gasteiger partial charge >= 0.3 is 11.7 Å². The Kier molecular flexibility index (Phi) is 3.75. The van der Waals surface area contributed by atoms with E-state index in [0.29, 0.717) is 11.5 Å². The van der Waals surface area contributed by atoms with Crippen LogP contribution in [0.2, 0.25) is 0 Å². The number of halogens is 1. The molecule has 0 unspecified atom stereocenters. The number of nitrogens with zero attached hydrogens (tertiary/aromatic N) is 4. The predicted molar refractivity (Wildman–Crippen MR) is 78.9 cm³/mol. The highest BCUT2D eigenvalue weighted by molar-refractivity contribution is 5.68. The van der Waals surface area contributed by atoms with Crippen molar-refractivity contribution in [2.75, 3.05) is 12.4 Å². The monoisotopic (exact) mass is 317 g/mol. The third-order valence-corrected chi connectivity index (χ3v) is 3.08. The summed E-state index contributed by atoms with van der Waals surface area (Å²) in [6.45, 7) is -0.292. The van der Waals surface area contributed by atoms with Crippen LogP contribution in [-0.4, -0.2) is 32.2 Å². The fourth-order valence-electron chi connectivity index (χ4n) is 1.95. The Hall–Kier alpha value is -3.23. The van der Waals surface area contributed by atoms with E-state index in [4.69, 9.17) is 0 Å². The van der Waals surface area contributed by atoms with Gasteiger partial charge in [-0.15, -0.1) is 5.10 Å². The van der Waals surface area contributed by atoms with Crippen molar-refractivity contribution in [1.82, 2.24) is 19.2 Å². The van der Waals surface area contributed by atoms with Crippen molar-refractivity contribution in [3.8, 4) is 0 Å². The molecule has 0 radical (unpaired) electrons. The number of methoxy groups -OCH3 is 1. The van der Waals surface area contributed by atoms with Gasteiger partial charge in [0, 0.05) is 11.9 Å². The number of hydrogen-bond acceptors (Lipinski definition) is 6. The Morgan fingerprint density at radius 3 is 2.74 bits per heavy atom. The Balaban J connectivity index is 1.91. The molecule has 0 bridgehead atoms. The van der Waals surface area contributed by atoms with E-state index in [0.717, 1.165) is 4.68 Å². The van der Waals surface area contributed by atoms with Crippen LogP contribution in [0.4, 0.5) is 15.9 Å². The quantitative estimate of drug-likeness (QED) is 0.720. The second kappa shape index (κ2) is 5.87. The molecule has 0 aliphatic carbocycles. The summed E-state index contributed by atoms with van der Waals surface area (Å²) in [5.74, 6) is -0.363. The van der Waals surface area contributed by atoms with E-state index >= 15 is 0 Å². The molecule has 9 heteroatoms. The van der Waals surface area contributed by atoms with Crippen LogP contribution in [0.3, 0.4) is 0 Å². The minimum Gasteiger partial charge on any atom is -0.468 e. The summed E-state index contributed by atoms with van der Waals surface area (Å²) >= 11 is 0. The zero-order chi connectivity index (χ0) is 16.4. The maximum absolute atomic E-state index is 12.9. The minimum absolute atomic E-state index is 0.131. The summed E-state index contributed by atoms with van der Waals surface area (Å²) in [6, 6.07) is 7.32. The molecule has 0 amide bonds. The van der Waals surface area contributed by atoms with E-state index in [-0.39, 0.29) is 18.1 Å². The highest BCUT2D eigenvalue weighted by Crippen LogP contribution is 2.14. The first-order valence-corrected chi connectivity index (χ1v) is 6.62. The van der Waals surface area contributed by atoms with Gasteiger partial charge < -0.3 is 10.1 Å².